The highest BCUT2D eigenvalue weighted by Crippen LogP contribution is 2.20. The van der Waals surface area contributed by atoms with Crippen molar-refractivity contribution in [2.75, 3.05) is 13.7 Å². The second-order valence-corrected chi connectivity index (χ2v) is 3.20. The van der Waals surface area contributed by atoms with E-state index in [9.17, 15) is 4.39 Å². The van der Waals surface area contributed by atoms with E-state index in [4.69, 9.17) is 16.3 Å². The maximum atomic E-state index is 13.2. The Kier molecular flexibility index (Phi) is 4.19. The minimum absolute atomic E-state index is 0.233. The van der Waals surface area contributed by atoms with Crippen LogP contribution in [-0.2, 0) is 11.2 Å². The average Bonchev–Trinajstić information content (AvgIpc) is 2.10. The van der Waals surface area contributed by atoms with Crippen LogP contribution in [0.2, 0.25) is 5.02 Å². The van der Waals surface area contributed by atoms with Crippen LogP contribution in [0.15, 0.2) is 18.2 Å². The van der Waals surface area contributed by atoms with Gasteiger partial charge in [0.05, 0.1) is 0 Å². The molecule has 0 N–H and O–H groups in total. The molecule has 0 aliphatic heterocycles. The Bertz CT molecular complexity index is 255. The van der Waals surface area contributed by atoms with Crippen molar-refractivity contribution >= 4 is 11.6 Å². The van der Waals surface area contributed by atoms with Gasteiger partial charge in [0.25, 0.3) is 0 Å². The van der Waals surface area contributed by atoms with Gasteiger partial charge >= 0.3 is 0 Å². The Morgan fingerprint density at radius 3 is 2.85 bits per heavy atom. The van der Waals surface area contributed by atoms with Crippen LogP contribution in [0, 0.1) is 5.82 Å². The molecule has 0 saturated heterocycles. The lowest BCUT2D eigenvalue weighted by Gasteiger charge is -2.04. The molecule has 1 aromatic carbocycles. The Balaban J connectivity index is 2.64. The lowest BCUT2D eigenvalue weighted by atomic mass is 10.1. The minimum Gasteiger partial charge on any atom is -0.385 e. The number of benzene rings is 1. The van der Waals surface area contributed by atoms with E-state index >= 15 is 0 Å². The highest BCUT2D eigenvalue weighted by molar-refractivity contribution is 6.31. The fraction of sp³-hybridized carbons (Fsp3) is 0.400. The van der Waals surface area contributed by atoms with E-state index < -0.39 is 0 Å². The zero-order chi connectivity index (χ0) is 9.68. The highest BCUT2D eigenvalue weighted by atomic mass is 35.5. The first kappa shape index (κ1) is 10.5. The minimum atomic E-state index is -0.233. The molecule has 3 heteroatoms. The molecule has 0 fully saturated rings. The summed E-state index contributed by atoms with van der Waals surface area (Å²) in [6.07, 6.45) is 1.41. The largest absolute Gasteiger partial charge is 0.385 e. The SMILES string of the molecule is COCCCc1c(F)cccc1Cl. The number of hydrogen-bond donors (Lipinski definition) is 0. The van der Waals surface area contributed by atoms with Gasteiger partial charge in [-0.3, -0.25) is 0 Å². The standard InChI is InChI=1S/C10H12ClFO/c1-13-7-3-4-8-9(11)5-2-6-10(8)12/h2,5-6H,3-4,7H2,1H3. The summed E-state index contributed by atoms with van der Waals surface area (Å²) in [5, 5.41) is 0.496. The monoisotopic (exact) mass is 202 g/mol. The molecule has 0 amide bonds. The summed E-state index contributed by atoms with van der Waals surface area (Å²) in [5.74, 6) is -0.233. The summed E-state index contributed by atoms with van der Waals surface area (Å²) in [4.78, 5) is 0. The molecule has 0 spiro atoms. The first-order chi connectivity index (χ1) is 6.25. The molecule has 72 valence electrons. The first-order valence-electron chi connectivity index (χ1n) is 4.17. The third-order valence-electron chi connectivity index (χ3n) is 1.84. The lowest BCUT2D eigenvalue weighted by Crippen LogP contribution is -1.96. The van der Waals surface area contributed by atoms with Crippen molar-refractivity contribution in [1.82, 2.24) is 0 Å². The Labute approximate surface area is 82.5 Å². The van der Waals surface area contributed by atoms with Crippen LogP contribution in [0.25, 0.3) is 0 Å². The molecule has 0 aromatic heterocycles. The molecule has 1 aromatic rings. The van der Waals surface area contributed by atoms with Crippen molar-refractivity contribution in [2.45, 2.75) is 12.8 Å². The molecular weight excluding hydrogens is 191 g/mol. The van der Waals surface area contributed by atoms with Crippen molar-refractivity contribution in [3.8, 4) is 0 Å². The normalized spacial score (nSPS) is 10.4. The summed E-state index contributed by atoms with van der Waals surface area (Å²) in [6.45, 7) is 0.630. The summed E-state index contributed by atoms with van der Waals surface area (Å²) < 4.78 is 18.0. The fourth-order valence-electron chi connectivity index (χ4n) is 1.16. The van der Waals surface area contributed by atoms with E-state index in [1.807, 2.05) is 0 Å². The van der Waals surface area contributed by atoms with Gasteiger partial charge in [-0.15, -0.1) is 0 Å². The molecule has 0 aliphatic carbocycles. The molecule has 0 atom stereocenters. The molecule has 1 rings (SSSR count). The van der Waals surface area contributed by atoms with Crippen molar-refractivity contribution in [1.29, 1.82) is 0 Å². The second kappa shape index (κ2) is 5.20. The predicted octanol–water partition coefficient (Wildman–Crippen LogP) is 3.06. The Morgan fingerprint density at radius 2 is 2.23 bits per heavy atom. The van der Waals surface area contributed by atoms with Gasteiger partial charge in [0.15, 0.2) is 0 Å². The van der Waals surface area contributed by atoms with Crippen LogP contribution in [0.4, 0.5) is 4.39 Å². The van der Waals surface area contributed by atoms with E-state index in [0.29, 0.717) is 23.6 Å². The maximum absolute atomic E-state index is 13.2. The zero-order valence-corrected chi connectivity index (χ0v) is 8.27. The van der Waals surface area contributed by atoms with Gasteiger partial charge in [-0.2, -0.15) is 0 Å². The molecule has 0 heterocycles. The van der Waals surface area contributed by atoms with E-state index in [1.54, 1.807) is 19.2 Å². The van der Waals surface area contributed by atoms with Gasteiger partial charge in [-0.1, -0.05) is 17.7 Å². The molecular formula is C10H12ClFO. The summed E-state index contributed by atoms with van der Waals surface area (Å²) in [5.41, 5.74) is 0.584. The summed E-state index contributed by atoms with van der Waals surface area (Å²) in [6, 6.07) is 4.73. The van der Waals surface area contributed by atoms with Crippen LogP contribution in [-0.4, -0.2) is 13.7 Å². The maximum Gasteiger partial charge on any atom is 0.127 e. The van der Waals surface area contributed by atoms with Crippen LogP contribution < -0.4 is 0 Å². The molecule has 0 radical (unpaired) electrons. The molecule has 0 saturated carbocycles. The van der Waals surface area contributed by atoms with Gasteiger partial charge < -0.3 is 4.74 Å². The zero-order valence-electron chi connectivity index (χ0n) is 7.52. The smallest absolute Gasteiger partial charge is 0.127 e. The van der Waals surface area contributed by atoms with E-state index in [2.05, 4.69) is 0 Å². The number of halogens is 2. The van der Waals surface area contributed by atoms with Crippen LogP contribution in [0.3, 0.4) is 0 Å². The highest BCUT2D eigenvalue weighted by Gasteiger charge is 2.05. The molecule has 0 aliphatic rings. The predicted molar refractivity (Wildman–Crippen MR) is 51.6 cm³/mol. The van der Waals surface area contributed by atoms with Crippen molar-refractivity contribution in [3.63, 3.8) is 0 Å². The van der Waals surface area contributed by atoms with E-state index in [0.717, 1.165) is 6.42 Å². The van der Waals surface area contributed by atoms with Crippen LogP contribution in [0.1, 0.15) is 12.0 Å². The average molecular weight is 203 g/mol. The quantitative estimate of drug-likeness (QED) is 0.682. The number of methoxy groups -OCH3 is 1. The summed E-state index contributed by atoms with van der Waals surface area (Å²) >= 11 is 5.83. The molecule has 13 heavy (non-hydrogen) atoms. The van der Waals surface area contributed by atoms with Crippen LogP contribution in [0.5, 0.6) is 0 Å². The van der Waals surface area contributed by atoms with Crippen molar-refractivity contribution < 1.29 is 9.13 Å². The van der Waals surface area contributed by atoms with Gasteiger partial charge in [0, 0.05) is 24.3 Å². The van der Waals surface area contributed by atoms with Crippen LogP contribution >= 0.6 is 11.6 Å². The van der Waals surface area contributed by atoms with Crippen molar-refractivity contribution in [3.05, 3.63) is 34.6 Å². The molecule has 1 nitrogen and oxygen atoms in total. The van der Waals surface area contributed by atoms with Crippen molar-refractivity contribution in [2.24, 2.45) is 0 Å². The Hall–Kier alpha value is -0.600. The number of hydrogen-bond acceptors (Lipinski definition) is 1. The molecule has 0 unspecified atom stereocenters. The van der Waals surface area contributed by atoms with Gasteiger partial charge in [-0.05, 0) is 25.0 Å². The summed E-state index contributed by atoms with van der Waals surface area (Å²) in [7, 11) is 1.63. The fourth-order valence-corrected chi connectivity index (χ4v) is 1.42. The first-order valence-corrected chi connectivity index (χ1v) is 4.55. The van der Waals surface area contributed by atoms with Gasteiger partial charge in [0.1, 0.15) is 5.82 Å². The topological polar surface area (TPSA) is 9.23 Å². The van der Waals surface area contributed by atoms with Gasteiger partial charge in [-0.25, -0.2) is 4.39 Å². The third-order valence-corrected chi connectivity index (χ3v) is 2.19. The van der Waals surface area contributed by atoms with E-state index in [-0.39, 0.29) is 5.82 Å². The van der Waals surface area contributed by atoms with E-state index in [1.165, 1.54) is 6.07 Å². The third kappa shape index (κ3) is 2.98. The lowest BCUT2D eigenvalue weighted by molar-refractivity contribution is 0.195. The number of ether oxygens (including phenoxy) is 1. The Morgan fingerprint density at radius 1 is 1.46 bits per heavy atom. The number of rotatable bonds is 4. The molecule has 0 bridgehead atoms. The second-order valence-electron chi connectivity index (χ2n) is 2.80. The van der Waals surface area contributed by atoms with Gasteiger partial charge in [0.2, 0.25) is 0 Å².